The minimum atomic E-state index is -0.179. The normalized spacial score (nSPS) is 14.5. The second kappa shape index (κ2) is 10.6. The second-order valence-corrected chi connectivity index (χ2v) is 8.19. The maximum absolute atomic E-state index is 12.4. The summed E-state index contributed by atoms with van der Waals surface area (Å²) in [5, 5.41) is 10.9. The summed E-state index contributed by atoms with van der Waals surface area (Å²) in [6.45, 7) is 5.62. The summed E-state index contributed by atoms with van der Waals surface area (Å²) in [4.78, 5) is 27.7. The van der Waals surface area contributed by atoms with Crippen LogP contribution < -0.4 is 5.32 Å². The standard InChI is InChI=1S/C17H21N5O2S2.ClH/c1-13(23)18-16-19-20-17(26-16)25-12-15(24)22-9-7-21(8-10-22)11-14-5-3-2-4-6-14;/h2-6H,7-12H2,1H3,(H,18,19,23);1H. The van der Waals surface area contributed by atoms with Crippen LogP contribution in [0.25, 0.3) is 0 Å². The molecule has 0 saturated carbocycles. The highest BCUT2D eigenvalue weighted by Crippen LogP contribution is 2.25. The predicted octanol–water partition coefficient (Wildman–Crippen LogP) is 2.35. The van der Waals surface area contributed by atoms with Crippen LogP contribution in [0.5, 0.6) is 0 Å². The molecule has 0 aliphatic carbocycles. The Bertz CT molecular complexity index is 751. The van der Waals surface area contributed by atoms with Crippen molar-refractivity contribution in [3.05, 3.63) is 35.9 Å². The molecule has 2 aromatic rings. The number of aromatic nitrogens is 2. The largest absolute Gasteiger partial charge is 0.339 e. The van der Waals surface area contributed by atoms with E-state index in [0.29, 0.717) is 15.2 Å². The molecule has 1 saturated heterocycles. The number of nitrogens with zero attached hydrogens (tertiary/aromatic N) is 4. The molecule has 7 nitrogen and oxygen atoms in total. The Labute approximate surface area is 172 Å². The highest BCUT2D eigenvalue weighted by Gasteiger charge is 2.21. The van der Waals surface area contributed by atoms with Crippen LogP contribution in [-0.2, 0) is 16.1 Å². The van der Waals surface area contributed by atoms with Gasteiger partial charge in [-0.1, -0.05) is 53.4 Å². The monoisotopic (exact) mass is 427 g/mol. The molecule has 1 fully saturated rings. The van der Waals surface area contributed by atoms with Gasteiger partial charge in [0, 0.05) is 39.6 Å². The minimum Gasteiger partial charge on any atom is -0.339 e. The number of nitrogens with one attached hydrogen (secondary N) is 1. The molecule has 2 heterocycles. The van der Waals surface area contributed by atoms with Crippen molar-refractivity contribution in [3.8, 4) is 0 Å². The number of hydrogen-bond acceptors (Lipinski definition) is 7. The Morgan fingerprint density at radius 3 is 2.52 bits per heavy atom. The van der Waals surface area contributed by atoms with Gasteiger partial charge in [0.25, 0.3) is 0 Å². The van der Waals surface area contributed by atoms with Crippen molar-refractivity contribution in [2.75, 3.05) is 37.2 Å². The number of anilines is 1. The average Bonchev–Trinajstić information content (AvgIpc) is 3.08. The number of hydrogen-bond donors (Lipinski definition) is 1. The SMILES string of the molecule is CC(=O)Nc1nnc(SCC(=O)N2CCN(Cc3ccccc3)CC2)s1.Cl. The Balaban J connectivity index is 0.00000261. The summed E-state index contributed by atoms with van der Waals surface area (Å²) in [6.07, 6.45) is 0. The number of rotatable bonds is 6. The van der Waals surface area contributed by atoms with Crippen molar-refractivity contribution in [3.63, 3.8) is 0 Å². The predicted molar refractivity (Wildman–Crippen MR) is 110 cm³/mol. The van der Waals surface area contributed by atoms with Crippen LogP contribution in [0.4, 0.5) is 5.13 Å². The summed E-state index contributed by atoms with van der Waals surface area (Å²) < 4.78 is 0.685. The van der Waals surface area contributed by atoms with E-state index in [9.17, 15) is 9.59 Å². The van der Waals surface area contributed by atoms with Gasteiger partial charge in [0.05, 0.1) is 5.75 Å². The van der Waals surface area contributed by atoms with E-state index in [0.717, 1.165) is 32.7 Å². The molecule has 3 rings (SSSR count). The van der Waals surface area contributed by atoms with Crippen molar-refractivity contribution in [1.29, 1.82) is 0 Å². The molecule has 1 aliphatic heterocycles. The molecular weight excluding hydrogens is 406 g/mol. The Kier molecular flexibility index (Phi) is 8.49. The third-order valence-electron chi connectivity index (χ3n) is 3.98. The van der Waals surface area contributed by atoms with Gasteiger partial charge in [-0.3, -0.25) is 14.5 Å². The first-order chi connectivity index (χ1) is 12.6. The molecule has 27 heavy (non-hydrogen) atoms. The van der Waals surface area contributed by atoms with Gasteiger partial charge in [-0.15, -0.1) is 22.6 Å². The zero-order valence-corrected chi connectivity index (χ0v) is 17.4. The van der Waals surface area contributed by atoms with Crippen molar-refractivity contribution in [1.82, 2.24) is 20.0 Å². The van der Waals surface area contributed by atoms with Gasteiger partial charge in [-0.25, -0.2) is 0 Å². The minimum absolute atomic E-state index is 0. The second-order valence-electron chi connectivity index (χ2n) is 5.99. The van der Waals surface area contributed by atoms with Crippen LogP contribution in [0.15, 0.2) is 34.7 Å². The van der Waals surface area contributed by atoms with Crippen LogP contribution in [0.1, 0.15) is 12.5 Å². The molecular formula is C17H22ClN5O2S2. The van der Waals surface area contributed by atoms with Crippen LogP contribution >= 0.6 is 35.5 Å². The molecule has 0 radical (unpaired) electrons. The van der Waals surface area contributed by atoms with Crippen LogP contribution in [0, 0.1) is 0 Å². The molecule has 0 unspecified atom stereocenters. The van der Waals surface area contributed by atoms with E-state index in [-0.39, 0.29) is 24.2 Å². The Hall–Kier alpha value is -1.68. The molecule has 10 heteroatoms. The number of carbonyl (C=O) groups excluding carboxylic acids is 2. The molecule has 1 N–H and O–H groups in total. The third kappa shape index (κ3) is 6.76. The van der Waals surface area contributed by atoms with Gasteiger partial charge in [0.2, 0.25) is 16.9 Å². The molecule has 1 aliphatic rings. The molecule has 0 bridgehead atoms. The highest BCUT2D eigenvalue weighted by molar-refractivity contribution is 8.01. The molecule has 146 valence electrons. The van der Waals surface area contributed by atoms with Gasteiger partial charge < -0.3 is 10.2 Å². The lowest BCUT2D eigenvalue weighted by Gasteiger charge is -2.34. The average molecular weight is 428 g/mol. The molecule has 0 spiro atoms. The first-order valence-corrected chi connectivity index (χ1v) is 10.2. The van der Waals surface area contributed by atoms with Gasteiger partial charge in [0.1, 0.15) is 0 Å². The molecule has 1 aromatic carbocycles. The summed E-state index contributed by atoms with van der Waals surface area (Å²) >= 11 is 2.64. The fourth-order valence-corrected chi connectivity index (χ4v) is 4.38. The van der Waals surface area contributed by atoms with Crippen LogP contribution in [0.2, 0.25) is 0 Å². The Morgan fingerprint density at radius 1 is 1.15 bits per heavy atom. The van der Waals surface area contributed by atoms with E-state index in [1.165, 1.54) is 35.6 Å². The maximum atomic E-state index is 12.4. The lowest BCUT2D eigenvalue weighted by molar-refractivity contribution is -0.130. The van der Waals surface area contributed by atoms with E-state index >= 15 is 0 Å². The van der Waals surface area contributed by atoms with E-state index in [4.69, 9.17) is 0 Å². The fraction of sp³-hybridized carbons (Fsp3) is 0.412. The van der Waals surface area contributed by atoms with Crippen LogP contribution in [0.3, 0.4) is 0 Å². The quantitative estimate of drug-likeness (QED) is 0.563. The summed E-state index contributed by atoms with van der Waals surface area (Å²) in [5.41, 5.74) is 1.30. The summed E-state index contributed by atoms with van der Waals surface area (Å²) in [5.74, 6) is 0.278. The molecule has 0 atom stereocenters. The number of amides is 2. The lowest BCUT2D eigenvalue weighted by Crippen LogP contribution is -2.48. The van der Waals surface area contributed by atoms with Crippen molar-refractivity contribution in [2.45, 2.75) is 17.8 Å². The number of benzene rings is 1. The highest BCUT2D eigenvalue weighted by atomic mass is 35.5. The van der Waals surface area contributed by atoms with E-state index in [1.807, 2.05) is 11.0 Å². The fourth-order valence-electron chi connectivity index (χ4n) is 2.68. The molecule has 2 amide bonds. The van der Waals surface area contributed by atoms with Gasteiger partial charge >= 0.3 is 0 Å². The van der Waals surface area contributed by atoms with E-state index < -0.39 is 0 Å². The van der Waals surface area contributed by atoms with Crippen molar-refractivity contribution >= 4 is 52.5 Å². The van der Waals surface area contributed by atoms with Crippen molar-refractivity contribution in [2.24, 2.45) is 0 Å². The maximum Gasteiger partial charge on any atom is 0.233 e. The van der Waals surface area contributed by atoms with Gasteiger partial charge in [-0.05, 0) is 5.56 Å². The van der Waals surface area contributed by atoms with E-state index in [1.54, 1.807) is 0 Å². The topological polar surface area (TPSA) is 78.4 Å². The van der Waals surface area contributed by atoms with E-state index in [2.05, 4.69) is 44.7 Å². The zero-order valence-electron chi connectivity index (χ0n) is 15.0. The zero-order chi connectivity index (χ0) is 18.4. The van der Waals surface area contributed by atoms with Crippen molar-refractivity contribution < 1.29 is 9.59 Å². The number of piperazine rings is 1. The van der Waals surface area contributed by atoms with Crippen LogP contribution in [-0.4, -0.2) is 63.7 Å². The number of thioether (sulfide) groups is 1. The first kappa shape index (κ1) is 21.6. The summed E-state index contributed by atoms with van der Waals surface area (Å²) in [6, 6.07) is 10.4. The summed E-state index contributed by atoms with van der Waals surface area (Å²) in [7, 11) is 0. The van der Waals surface area contributed by atoms with Gasteiger partial charge in [0.15, 0.2) is 4.34 Å². The Morgan fingerprint density at radius 2 is 1.85 bits per heavy atom. The number of carbonyl (C=O) groups is 2. The lowest BCUT2D eigenvalue weighted by atomic mass is 10.2. The first-order valence-electron chi connectivity index (χ1n) is 8.38. The smallest absolute Gasteiger partial charge is 0.233 e. The third-order valence-corrected chi connectivity index (χ3v) is 5.94. The molecule has 1 aromatic heterocycles. The van der Waals surface area contributed by atoms with Gasteiger partial charge in [-0.2, -0.15) is 0 Å². The number of halogens is 1.